The van der Waals surface area contributed by atoms with Crippen LogP contribution in [0.1, 0.15) is 111 Å². The molecule has 4 atom stereocenters. The third kappa shape index (κ3) is 12.9. The smallest absolute Gasteiger partial charge is 0.412 e. The SMILES string of the molecule is CCCC(=O)OC1COC(Oc2ccc(NC(=O)OC(C)(C)C)cc2C(=O)OC(C)(C)C)C(OC(=O)CCC)C1OC(=O)CCC. The molecule has 13 heteroatoms. The van der Waals surface area contributed by atoms with Gasteiger partial charge >= 0.3 is 30.0 Å². The lowest BCUT2D eigenvalue weighted by molar-refractivity contribution is -0.261. The van der Waals surface area contributed by atoms with Crippen LogP contribution in [0.4, 0.5) is 10.5 Å². The summed E-state index contributed by atoms with van der Waals surface area (Å²) >= 11 is 0. The van der Waals surface area contributed by atoms with Gasteiger partial charge in [-0.05, 0) is 79.0 Å². The first-order valence-electron chi connectivity index (χ1n) is 15.7. The zero-order chi connectivity index (χ0) is 34.7. The van der Waals surface area contributed by atoms with Crippen LogP contribution in [-0.4, -0.2) is 72.4 Å². The highest BCUT2D eigenvalue weighted by atomic mass is 16.7. The Morgan fingerprint density at radius 3 is 1.80 bits per heavy atom. The molecule has 0 aliphatic carbocycles. The van der Waals surface area contributed by atoms with Crippen molar-refractivity contribution >= 4 is 35.7 Å². The summed E-state index contributed by atoms with van der Waals surface area (Å²) in [6, 6.07) is 4.23. The lowest BCUT2D eigenvalue weighted by Crippen LogP contribution is -2.59. The minimum absolute atomic E-state index is 0.0365. The average molecular weight is 652 g/mol. The van der Waals surface area contributed by atoms with Crippen molar-refractivity contribution in [1.29, 1.82) is 0 Å². The normalized spacial score (nSPS) is 19.8. The van der Waals surface area contributed by atoms with Gasteiger partial charge in [-0.2, -0.15) is 0 Å². The molecular formula is C33H49NO12. The second-order valence-corrected chi connectivity index (χ2v) is 12.8. The summed E-state index contributed by atoms with van der Waals surface area (Å²) in [6.07, 6.45) is -4.14. The third-order valence-electron chi connectivity index (χ3n) is 6.05. The lowest BCUT2D eigenvalue weighted by Gasteiger charge is -2.40. The van der Waals surface area contributed by atoms with Gasteiger partial charge in [0.25, 0.3) is 0 Å². The zero-order valence-electron chi connectivity index (χ0n) is 28.4. The molecule has 13 nitrogen and oxygen atoms in total. The molecule has 1 aliphatic rings. The molecule has 0 spiro atoms. The predicted octanol–water partition coefficient (Wildman–Crippen LogP) is 5.86. The monoisotopic (exact) mass is 651 g/mol. The van der Waals surface area contributed by atoms with Crippen molar-refractivity contribution in [1.82, 2.24) is 0 Å². The van der Waals surface area contributed by atoms with Crippen molar-refractivity contribution in [3.05, 3.63) is 23.8 Å². The Morgan fingerprint density at radius 1 is 0.761 bits per heavy atom. The van der Waals surface area contributed by atoms with E-state index in [1.807, 2.05) is 6.92 Å². The first-order valence-corrected chi connectivity index (χ1v) is 15.7. The zero-order valence-corrected chi connectivity index (χ0v) is 28.4. The summed E-state index contributed by atoms with van der Waals surface area (Å²) in [6.45, 7) is 15.4. The van der Waals surface area contributed by atoms with Gasteiger partial charge in [0, 0.05) is 24.9 Å². The first kappa shape index (κ1) is 38.3. The number of hydrogen-bond acceptors (Lipinski definition) is 12. The molecule has 1 heterocycles. The number of anilines is 1. The van der Waals surface area contributed by atoms with E-state index in [1.54, 1.807) is 55.4 Å². The van der Waals surface area contributed by atoms with E-state index in [0.29, 0.717) is 19.3 Å². The number of carbonyl (C=O) groups is 5. The Hall–Kier alpha value is -3.87. The molecule has 1 fully saturated rings. The van der Waals surface area contributed by atoms with Gasteiger partial charge in [-0.1, -0.05) is 20.8 Å². The Balaban J connectivity index is 2.54. The predicted molar refractivity (Wildman–Crippen MR) is 166 cm³/mol. The highest BCUT2D eigenvalue weighted by Gasteiger charge is 2.49. The standard InChI is InChI=1S/C33H49NO12/c1-10-13-24(35)41-23-19-40-30(28(44-26(37)15-12-3)27(23)43-25(36)14-11-2)42-22-17-16-20(34-31(39)46-33(7,8)9)18-21(22)29(38)45-32(4,5)6/h16-18,23,27-28,30H,10-15,19H2,1-9H3,(H,34,39). The van der Waals surface area contributed by atoms with Crippen LogP contribution in [0.15, 0.2) is 18.2 Å². The number of ether oxygens (including phenoxy) is 7. The van der Waals surface area contributed by atoms with E-state index in [-0.39, 0.29) is 42.9 Å². The van der Waals surface area contributed by atoms with E-state index in [9.17, 15) is 24.0 Å². The second kappa shape index (κ2) is 17.2. The van der Waals surface area contributed by atoms with Crippen molar-refractivity contribution in [2.24, 2.45) is 0 Å². The van der Waals surface area contributed by atoms with Gasteiger partial charge in [0.15, 0.2) is 12.2 Å². The molecule has 0 aromatic heterocycles. The molecule has 2 rings (SSSR count). The molecule has 258 valence electrons. The number of hydrogen-bond donors (Lipinski definition) is 1. The number of nitrogens with one attached hydrogen (secondary N) is 1. The summed E-state index contributed by atoms with van der Waals surface area (Å²) in [5, 5.41) is 2.58. The number of carbonyl (C=O) groups excluding carboxylic acids is 5. The van der Waals surface area contributed by atoms with Crippen LogP contribution in [0, 0.1) is 0 Å². The van der Waals surface area contributed by atoms with Crippen LogP contribution < -0.4 is 10.1 Å². The van der Waals surface area contributed by atoms with E-state index in [1.165, 1.54) is 18.2 Å². The van der Waals surface area contributed by atoms with Gasteiger partial charge in [-0.25, -0.2) is 9.59 Å². The van der Waals surface area contributed by atoms with Crippen LogP contribution >= 0.6 is 0 Å². The fourth-order valence-electron chi connectivity index (χ4n) is 4.22. The molecule has 0 bridgehead atoms. The highest BCUT2D eigenvalue weighted by Crippen LogP contribution is 2.32. The number of esters is 4. The van der Waals surface area contributed by atoms with Crippen LogP contribution in [0.3, 0.4) is 0 Å². The Bertz CT molecular complexity index is 1220. The number of benzene rings is 1. The van der Waals surface area contributed by atoms with Gasteiger partial charge < -0.3 is 33.2 Å². The molecule has 46 heavy (non-hydrogen) atoms. The molecule has 4 unspecified atom stereocenters. The molecule has 1 saturated heterocycles. The second-order valence-electron chi connectivity index (χ2n) is 12.8. The maximum atomic E-state index is 13.4. The maximum absolute atomic E-state index is 13.4. The van der Waals surface area contributed by atoms with E-state index in [4.69, 9.17) is 33.2 Å². The van der Waals surface area contributed by atoms with Crippen LogP contribution in [0.5, 0.6) is 5.75 Å². The third-order valence-corrected chi connectivity index (χ3v) is 6.05. The van der Waals surface area contributed by atoms with Crippen LogP contribution in [0.25, 0.3) is 0 Å². The summed E-state index contributed by atoms with van der Waals surface area (Å²) in [5.41, 5.74) is -1.51. The molecular weight excluding hydrogens is 602 g/mol. The van der Waals surface area contributed by atoms with Gasteiger partial charge in [0.05, 0.1) is 6.61 Å². The van der Waals surface area contributed by atoms with E-state index < -0.39 is 65.8 Å². The maximum Gasteiger partial charge on any atom is 0.412 e. The Morgan fingerprint density at radius 2 is 1.28 bits per heavy atom. The minimum Gasteiger partial charge on any atom is -0.460 e. The fourth-order valence-corrected chi connectivity index (χ4v) is 4.22. The molecule has 0 saturated carbocycles. The topological polar surface area (TPSA) is 162 Å². The van der Waals surface area contributed by atoms with Gasteiger partial charge in [0.2, 0.25) is 12.4 Å². The van der Waals surface area contributed by atoms with Crippen molar-refractivity contribution in [2.45, 2.75) is 137 Å². The number of rotatable bonds is 13. The van der Waals surface area contributed by atoms with Crippen LogP contribution in [0.2, 0.25) is 0 Å². The molecule has 0 radical (unpaired) electrons. The minimum atomic E-state index is -1.40. The van der Waals surface area contributed by atoms with Crippen molar-refractivity contribution in [2.75, 3.05) is 11.9 Å². The molecule has 1 aliphatic heterocycles. The molecule has 1 N–H and O–H groups in total. The van der Waals surface area contributed by atoms with Gasteiger partial charge in [-0.3, -0.25) is 19.7 Å². The summed E-state index contributed by atoms with van der Waals surface area (Å²) in [7, 11) is 0. The Kier molecular flexibility index (Phi) is 14.3. The van der Waals surface area contributed by atoms with Crippen molar-refractivity contribution in [3.8, 4) is 5.75 Å². The lowest BCUT2D eigenvalue weighted by atomic mass is 10.0. The highest BCUT2D eigenvalue weighted by molar-refractivity contribution is 5.95. The van der Waals surface area contributed by atoms with Crippen molar-refractivity contribution < 1.29 is 57.1 Å². The first-order chi connectivity index (χ1) is 21.5. The van der Waals surface area contributed by atoms with Gasteiger partial charge in [0.1, 0.15) is 22.5 Å². The Labute approximate surface area is 270 Å². The fraction of sp³-hybridized carbons (Fsp3) is 0.667. The van der Waals surface area contributed by atoms with Gasteiger partial charge in [-0.15, -0.1) is 0 Å². The average Bonchev–Trinajstić information content (AvgIpc) is 2.91. The van der Waals surface area contributed by atoms with E-state index in [0.717, 1.165) is 0 Å². The molecule has 1 aromatic carbocycles. The molecule has 1 amide bonds. The summed E-state index contributed by atoms with van der Waals surface area (Å²) in [5.74, 6) is -2.56. The largest absolute Gasteiger partial charge is 0.460 e. The van der Waals surface area contributed by atoms with Crippen LogP contribution in [-0.2, 0) is 42.8 Å². The number of amides is 1. The van der Waals surface area contributed by atoms with Crippen molar-refractivity contribution in [3.63, 3.8) is 0 Å². The van der Waals surface area contributed by atoms with E-state index in [2.05, 4.69) is 5.32 Å². The summed E-state index contributed by atoms with van der Waals surface area (Å²) < 4.78 is 40.0. The quantitative estimate of drug-likeness (QED) is 0.200. The summed E-state index contributed by atoms with van der Waals surface area (Å²) in [4.78, 5) is 63.7. The molecule has 1 aromatic rings. The van der Waals surface area contributed by atoms with E-state index >= 15 is 0 Å².